The van der Waals surface area contributed by atoms with E-state index in [1.807, 2.05) is 12.1 Å². The van der Waals surface area contributed by atoms with Gasteiger partial charge in [0.1, 0.15) is 0 Å². The van der Waals surface area contributed by atoms with Gasteiger partial charge in [-0.15, -0.1) is 0 Å². The second kappa shape index (κ2) is 8.16. The number of benzene rings is 1. The van der Waals surface area contributed by atoms with Gasteiger partial charge < -0.3 is 15.0 Å². The lowest BCUT2D eigenvalue weighted by atomic mass is 10.1. The van der Waals surface area contributed by atoms with Crippen LogP contribution in [0.25, 0.3) is 0 Å². The van der Waals surface area contributed by atoms with Gasteiger partial charge in [0, 0.05) is 44.0 Å². The molecule has 1 aromatic rings. The Kier molecular flexibility index (Phi) is 5.93. The molecule has 2 aliphatic rings. The van der Waals surface area contributed by atoms with Crippen molar-refractivity contribution in [2.24, 2.45) is 0 Å². The Hall–Kier alpha value is -1.64. The maximum absolute atomic E-state index is 12.2. The number of sulfonamides is 1. The lowest BCUT2D eigenvalue weighted by molar-refractivity contribution is 0.0956. The minimum Gasteiger partial charge on any atom is -0.378 e. The first-order valence-corrected chi connectivity index (χ1v) is 10.4. The van der Waals surface area contributed by atoms with Crippen LogP contribution in [-0.2, 0) is 14.8 Å². The highest BCUT2D eigenvalue weighted by molar-refractivity contribution is 7.89. The Balaban J connectivity index is 1.49. The molecule has 1 N–H and O–H groups in total. The minimum absolute atomic E-state index is 0.0510. The van der Waals surface area contributed by atoms with Gasteiger partial charge in [-0.25, -0.2) is 12.7 Å². The molecule has 0 bridgehead atoms. The normalized spacial score (nSPS) is 19.1. The number of nitrogens with one attached hydrogen (secondary N) is 1. The summed E-state index contributed by atoms with van der Waals surface area (Å²) in [6.45, 7) is 4.45. The fraction of sp³-hybridized carbons (Fsp3) is 0.588. The summed E-state index contributed by atoms with van der Waals surface area (Å²) >= 11 is 0. The zero-order valence-electron chi connectivity index (χ0n) is 14.3. The van der Waals surface area contributed by atoms with Crippen molar-refractivity contribution < 1.29 is 17.9 Å². The topological polar surface area (TPSA) is 79.0 Å². The average Bonchev–Trinajstić information content (AvgIpc) is 3.18. The molecule has 0 aromatic heterocycles. The Morgan fingerprint density at radius 1 is 1.04 bits per heavy atom. The fourth-order valence-electron chi connectivity index (χ4n) is 3.14. The van der Waals surface area contributed by atoms with Gasteiger partial charge in [-0.05, 0) is 37.1 Å². The maximum Gasteiger partial charge on any atom is 0.251 e. The predicted molar refractivity (Wildman–Crippen MR) is 96.4 cm³/mol. The number of rotatable bonds is 6. The summed E-state index contributed by atoms with van der Waals surface area (Å²) in [6, 6.07) is 7.38. The second-order valence-electron chi connectivity index (χ2n) is 6.32. The van der Waals surface area contributed by atoms with E-state index in [9.17, 15) is 13.2 Å². The molecule has 8 heteroatoms. The Morgan fingerprint density at radius 2 is 1.68 bits per heavy atom. The first kappa shape index (κ1) is 18.2. The highest BCUT2D eigenvalue weighted by Crippen LogP contribution is 2.17. The summed E-state index contributed by atoms with van der Waals surface area (Å²) in [5.41, 5.74) is 1.60. The zero-order chi connectivity index (χ0) is 17.7. The fourth-order valence-corrected chi connectivity index (χ4v) is 4.57. The highest BCUT2D eigenvalue weighted by atomic mass is 32.2. The number of nitrogens with zero attached hydrogens (tertiary/aromatic N) is 2. The molecule has 3 rings (SSSR count). The summed E-state index contributed by atoms with van der Waals surface area (Å²) in [5, 5.41) is 2.70. The summed E-state index contributed by atoms with van der Waals surface area (Å²) in [4.78, 5) is 14.4. The number of amides is 1. The molecule has 2 saturated heterocycles. The third-order valence-electron chi connectivity index (χ3n) is 4.61. The van der Waals surface area contributed by atoms with Crippen molar-refractivity contribution in [3.8, 4) is 0 Å². The summed E-state index contributed by atoms with van der Waals surface area (Å²) < 4.78 is 31.1. The van der Waals surface area contributed by atoms with Crippen LogP contribution in [0.15, 0.2) is 24.3 Å². The lowest BCUT2D eigenvalue weighted by Gasteiger charge is -2.28. The number of carbonyl (C=O) groups is 1. The second-order valence-corrected chi connectivity index (χ2v) is 8.41. The molecule has 2 aliphatic heterocycles. The van der Waals surface area contributed by atoms with E-state index in [0.29, 0.717) is 31.9 Å². The SMILES string of the molecule is O=C(NCCS(=O)(=O)N1CCCC1)c1ccc(N2CCOCC2)cc1. The molecule has 0 aliphatic carbocycles. The number of hydrogen-bond acceptors (Lipinski definition) is 5. The predicted octanol–water partition coefficient (Wildman–Crippen LogP) is 0.679. The van der Waals surface area contributed by atoms with Crippen molar-refractivity contribution in [2.45, 2.75) is 12.8 Å². The average molecular weight is 367 g/mol. The van der Waals surface area contributed by atoms with E-state index in [1.54, 1.807) is 12.1 Å². The van der Waals surface area contributed by atoms with Gasteiger partial charge in [0.25, 0.3) is 5.91 Å². The minimum atomic E-state index is -3.26. The molecule has 2 fully saturated rings. The van der Waals surface area contributed by atoms with Crippen LogP contribution in [0.1, 0.15) is 23.2 Å². The smallest absolute Gasteiger partial charge is 0.251 e. The van der Waals surface area contributed by atoms with Gasteiger partial charge in [0.15, 0.2) is 0 Å². The first-order valence-electron chi connectivity index (χ1n) is 8.75. The number of carbonyl (C=O) groups excluding carboxylic acids is 1. The molecular weight excluding hydrogens is 342 g/mol. The van der Waals surface area contributed by atoms with Gasteiger partial charge in [0.2, 0.25) is 10.0 Å². The van der Waals surface area contributed by atoms with E-state index in [1.165, 1.54) is 4.31 Å². The molecule has 25 heavy (non-hydrogen) atoms. The maximum atomic E-state index is 12.2. The monoisotopic (exact) mass is 367 g/mol. The molecule has 1 aromatic carbocycles. The summed E-state index contributed by atoms with van der Waals surface area (Å²) in [6.07, 6.45) is 1.84. The molecule has 0 atom stereocenters. The standard InChI is InChI=1S/C17H25N3O4S/c21-17(18-7-14-25(22,23)20-8-1-2-9-20)15-3-5-16(6-4-15)19-10-12-24-13-11-19/h3-6H,1-2,7-14H2,(H,18,21). The third-order valence-corrected chi connectivity index (χ3v) is 6.48. The highest BCUT2D eigenvalue weighted by Gasteiger charge is 2.24. The van der Waals surface area contributed by atoms with Crippen LogP contribution in [0.4, 0.5) is 5.69 Å². The Morgan fingerprint density at radius 3 is 2.32 bits per heavy atom. The first-order chi connectivity index (χ1) is 12.1. The van der Waals surface area contributed by atoms with Crippen LogP contribution in [0.2, 0.25) is 0 Å². The van der Waals surface area contributed by atoms with Crippen molar-refractivity contribution in [3.05, 3.63) is 29.8 Å². The van der Waals surface area contributed by atoms with Crippen LogP contribution in [0.3, 0.4) is 0 Å². The summed E-state index contributed by atoms with van der Waals surface area (Å²) in [7, 11) is -3.26. The van der Waals surface area contributed by atoms with Crippen LogP contribution >= 0.6 is 0 Å². The van der Waals surface area contributed by atoms with E-state index in [-0.39, 0.29) is 18.2 Å². The summed E-state index contributed by atoms with van der Waals surface area (Å²) in [5.74, 6) is -0.296. The van der Waals surface area contributed by atoms with Crippen LogP contribution < -0.4 is 10.2 Å². The van der Waals surface area contributed by atoms with Crippen molar-refractivity contribution in [2.75, 3.05) is 56.6 Å². The molecule has 0 radical (unpaired) electrons. The molecule has 2 heterocycles. The Labute approximate surface area is 149 Å². The third kappa shape index (κ3) is 4.71. The van der Waals surface area contributed by atoms with Gasteiger partial charge in [-0.1, -0.05) is 0 Å². The largest absolute Gasteiger partial charge is 0.378 e. The van der Waals surface area contributed by atoms with Gasteiger partial charge >= 0.3 is 0 Å². The van der Waals surface area contributed by atoms with E-state index >= 15 is 0 Å². The van der Waals surface area contributed by atoms with Crippen LogP contribution in [-0.4, -0.2) is 70.3 Å². The van der Waals surface area contributed by atoms with Crippen molar-refractivity contribution in [1.29, 1.82) is 0 Å². The molecule has 0 spiro atoms. The molecule has 138 valence electrons. The van der Waals surface area contributed by atoms with Crippen molar-refractivity contribution in [3.63, 3.8) is 0 Å². The van der Waals surface area contributed by atoms with Gasteiger partial charge in [-0.3, -0.25) is 4.79 Å². The van der Waals surface area contributed by atoms with E-state index in [0.717, 1.165) is 31.6 Å². The number of hydrogen-bond donors (Lipinski definition) is 1. The quantitative estimate of drug-likeness (QED) is 0.800. The van der Waals surface area contributed by atoms with Crippen molar-refractivity contribution in [1.82, 2.24) is 9.62 Å². The van der Waals surface area contributed by atoms with Crippen LogP contribution in [0.5, 0.6) is 0 Å². The van der Waals surface area contributed by atoms with Gasteiger partial charge in [-0.2, -0.15) is 0 Å². The Bertz CT molecular complexity index is 678. The number of anilines is 1. The molecule has 0 saturated carbocycles. The van der Waals surface area contributed by atoms with E-state index in [4.69, 9.17) is 4.74 Å². The molecule has 1 amide bonds. The lowest BCUT2D eigenvalue weighted by Crippen LogP contribution is -2.36. The molecule has 7 nitrogen and oxygen atoms in total. The zero-order valence-corrected chi connectivity index (χ0v) is 15.1. The van der Waals surface area contributed by atoms with Gasteiger partial charge in [0.05, 0.1) is 19.0 Å². The van der Waals surface area contributed by atoms with Crippen LogP contribution in [0, 0.1) is 0 Å². The van der Waals surface area contributed by atoms with Crippen molar-refractivity contribution >= 4 is 21.6 Å². The number of ether oxygens (including phenoxy) is 1. The van der Waals surface area contributed by atoms with E-state index < -0.39 is 10.0 Å². The molecular formula is C17H25N3O4S. The molecule has 0 unspecified atom stereocenters. The van der Waals surface area contributed by atoms with E-state index in [2.05, 4.69) is 10.2 Å². The number of morpholine rings is 1.